The van der Waals surface area contributed by atoms with Gasteiger partial charge in [0, 0.05) is 20.9 Å². The highest BCUT2D eigenvalue weighted by Crippen LogP contribution is 2.27. The number of carbonyl (C=O) groups excluding carboxylic acids is 2. The van der Waals surface area contributed by atoms with Crippen molar-refractivity contribution in [3.05, 3.63) is 23.3 Å². The minimum Gasteiger partial charge on any atom is -0.298 e. The van der Waals surface area contributed by atoms with Crippen LogP contribution in [-0.4, -0.2) is 25.1 Å². The number of thioether (sulfide) groups is 2. The summed E-state index contributed by atoms with van der Waals surface area (Å²) in [7, 11) is 0. The maximum Gasteiger partial charge on any atom is 0.151 e. The molecule has 0 aromatic heterocycles. The molecule has 0 amide bonds. The van der Waals surface area contributed by atoms with Crippen LogP contribution in [0.2, 0.25) is 0 Å². The van der Waals surface area contributed by atoms with Gasteiger partial charge >= 0.3 is 0 Å². The lowest BCUT2D eigenvalue weighted by atomic mass is 10.1. The van der Waals surface area contributed by atoms with Crippen molar-refractivity contribution in [2.45, 2.75) is 9.79 Å². The normalized spacial score (nSPS) is 9.86. The molecule has 0 aliphatic rings. The zero-order chi connectivity index (χ0) is 10.6. The van der Waals surface area contributed by atoms with Gasteiger partial charge in [0.15, 0.2) is 12.6 Å². The van der Waals surface area contributed by atoms with Gasteiger partial charge in [-0.25, -0.2) is 0 Å². The molecule has 0 saturated heterocycles. The molecule has 0 bridgehead atoms. The van der Waals surface area contributed by atoms with E-state index >= 15 is 0 Å². The molecule has 0 N–H and O–H groups in total. The van der Waals surface area contributed by atoms with Gasteiger partial charge in [-0.2, -0.15) is 0 Å². The van der Waals surface area contributed by atoms with Gasteiger partial charge < -0.3 is 0 Å². The van der Waals surface area contributed by atoms with Crippen molar-refractivity contribution in [1.29, 1.82) is 0 Å². The molecule has 1 aromatic carbocycles. The van der Waals surface area contributed by atoms with E-state index in [4.69, 9.17) is 0 Å². The van der Waals surface area contributed by atoms with Gasteiger partial charge in [-0.3, -0.25) is 9.59 Å². The lowest BCUT2D eigenvalue weighted by molar-refractivity contribution is 0.110. The van der Waals surface area contributed by atoms with E-state index in [0.29, 0.717) is 11.1 Å². The van der Waals surface area contributed by atoms with E-state index in [0.717, 1.165) is 22.4 Å². The number of rotatable bonds is 4. The van der Waals surface area contributed by atoms with E-state index in [1.807, 2.05) is 12.5 Å². The first-order chi connectivity index (χ1) is 6.76. The molecule has 0 unspecified atom stereocenters. The first kappa shape index (κ1) is 11.3. The number of benzene rings is 1. The van der Waals surface area contributed by atoms with Crippen molar-refractivity contribution < 1.29 is 9.59 Å². The minimum absolute atomic E-state index is 0.646. The molecule has 0 heterocycles. The molecule has 0 atom stereocenters. The average molecular weight is 226 g/mol. The molecule has 0 aliphatic carbocycles. The molecule has 0 fully saturated rings. The van der Waals surface area contributed by atoms with Crippen molar-refractivity contribution in [3.8, 4) is 0 Å². The van der Waals surface area contributed by atoms with Gasteiger partial charge in [0.2, 0.25) is 0 Å². The van der Waals surface area contributed by atoms with Crippen LogP contribution in [0.25, 0.3) is 0 Å². The standard InChI is InChI=1S/C10H10O2S2/c1-13-9-3-8(6-12)10(14-2)4-7(9)5-11/h3-6H,1-2H3. The third kappa shape index (κ3) is 2.19. The molecule has 0 aliphatic heterocycles. The Bertz CT molecular complexity index is 326. The topological polar surface area (TPSA) is 34.1 Å². The molecule has 0 radical (unpaired) electrons. The Balaban J connectivity index is 3.34. The van der Waals surface area contributed by atoms with E-state index in [9.17, 15) is 9.59 Å². The van der Waals surface area contributed by atoms with Crippen LogP contribution in [0.4, 0.5) is 0 Å². The molecular weight excluding hydrogens is 216 g/mol. The molecule has 0 spiro atoms. The Morgan fingerprint density at radius 1 is 0.929 bits per heavy atom. The van der Waals surface area contributed by atoms with Crippen molar-refractivity contribution in [1.82, 2.24) is 0 Å². The van der Waals surface area contributed by atoms with Crippen molar-refractivity contribution in [2.75, 3.05) is 12.5 Å². The van der Waals surface area contributed by atoms with Gasteiger partial charge in [0.25, 0.3) is 0 Å². The first-order valence-corrected chi connectivity index (χ1v) is 6.38. The Morgan fingerprint density at radius 2 is 1.29 bits per heavy atom. The zero-order valence-electron chi connectivity index (χ0n) is 7.94. The van der Waals surface area contributed by atoms with Crippen LogP contribution in [0.1, 0.15) is 20.7 Å². The summed E-state index contributed by atoms with van der Waals surface area (Å²) in [6, 6.07) is 3.51. The van der Waals surface area contributed by atoms with Gasteiger partial charge in [-0.1, -0.05) is 0 Å². The highest BCUT2D eigenvalue weighted by molar-refractivity contribution is 7.99. The molecule has 0 saturated carbocycles. The lowest BCUT2D eigenvalue weighted by Crippen LogP contribution is -1.91. The van der Waals surface area contributed by atoms with Crippen LogP contribution in [0.3, 0.4) is 0 Å². The highest BCUT2D eigenvalue weighted by Gasteiger charge is 2.07. The summed E-state index contributed by atoms with van der Waals surface area (Å²) in [6.07, 6.45) is 5.41. The fourth-order valence-corrected chi connectivity index (χ4v) is 2.30. The summed E-state index contributed by atoms with van der Waals surface area (Å²) in [5, 5.41) is 0. The zero-order valence-corrected chi connectivity index (χ0v) is 9.58. The Kier molecular flexibility index (Phi) is 4.22. The number of carbonyl (C=O) groups is 2. The fraction of sp³-hybridized carbons (Fsp3) is 0.200. The predicted octanol–water partition coefficient (Wildman–Crippen LogP) is 2.76. The van der Waals surface area contributed by atoms with Gasteiger partial charge in [0.1, 0.15) is 0 Å². The molecule has 74 valence electrons. The average Bonchev–Trinajstić information content (AvgIpc) is 2.26. The van der Waals surface area contributed by atoms with Crippen molar-refractivity contribution in [3.63, 3.8) is 0 Å². The van der Waals surface area contributed by atoms with Crippen molar-refractivity contribution >= 4 is 36.1 Å². The summed E-state index contributed by atoms with van der Waals surface area (Å²) >= 11 is 2.94. The van der Waals surface area contributed by atoms with Gasteiger partial charge in [0.05, 0.1) is 0 Å². The molecule has 1 aromatic rings. The second-order valence-corrected chi connectivity index (χ2v) is 4.27. The van der Waals surface area contributed by atoms with Crippen LogP contribution >= 0.6 is 23.5 Å². The first-order valence-electron chi connectivity index (χ1n) is 3.93. The molecule has 14 heavy (non-hydrogen) atoms. The number of hydrogen-bond acceptors (Lipinski definition) is 4. The molecule has 1 rings (SSSR count). The van der Waals surface area contributed by atoms with Crippen LogP contribution in [-0.2, 0) is 0 Å². The fourth-order valence-electron chi connectivity index (χ4n) is 1.13. The summed E-state index contributed by atoms with van der Waals surface area (Å²) in [5.74, 6) is 0. The van der Waals surface area contributed by atoms with Crippen LogP contribution in [0, 0.1) is 0 Å². The molecular formula is C10H10O2S2. The van der Waals surface area contributed by atoms with E-state index in [-0.39, 0.29) is 0 Å². The van der Waals surface area contributed by atoms with Gasteiger partial charge in [-0.15, -0.1) is 23.5 Å². The predicted molar refractivity (Wildman–Crippen MR) is 60.8 cm³/mol. The Hall–Kier alpha value is -0.740. The second-order valence-electron chi connectivity index (χ2n) is 2.57. The summed E-state index contributed by atoms with van der Waals surface area (Å²) in [5.41, 5.74) is 1.29. The van der Waals surface area contributed by atoms with Crippen LogP contribution in [0.15, 0.2) is 21.9 Å². The number of aldehydes is 2. The smallest absolute Gasteiger partial charge is 0.151 e. The monoisotopic (exact) mass is 226 g/mol. The van der Waals surface area contributed by atoms with Crippen LogP contribution in [0.5, 0.6) is 0 Å². The Labute approximate surface area is 91.5 Å². The quantitative estimate of drug-likeness (QED) is 0.584. The SMILES string of the molecule is CSc1cc(C=O)c(SC)cc1C=O. The summed E-state index contributed by atoms with van der Waals surface area (Å²) in [4.78, 5) is 23.2. The summed E-state index contributed by atoms with van der Waals surface area (Å²) in [6.45, 7) is 0. The highest BCUT2D eigenvalue weighted by atomic mass is 32.2. The molecule has 2 nitrogen and oxygen atoms in total. The van der Waals surface area contributed by atoms with Crippen molar-refractivity contribution in [2.24, 2.45) is 0 Å². The minimum atomic E-state index is 0.646. The largest absolute Gasteiger partial charge is 0.298 e. The lowest BCUT2D eigenvalue weighted by Gasteiger charge is -2.06. The van der Waals surface area contributed by atoms with E-state index in [1.54, 1.807) is 12.1 Å². The summed E-state index contributed by atoms with van der Waals surface area (Å²) < 4.78 is 0. The van der Waals surface area contributed by atoms with Gasteiger partial charge in [-0.05, 0) is 24.6 Å². The maximum atomic E-state index is 10.7. The Morgan fingerprint density at radius 3 is 1.50 bits per heavy atom. The molecule has 4 heteroatoms. The third-order valence-corrected chi connectivity index (χ3v) is 3.42. The van der Waals surface area contributed by atoms with E-state index in [1.165, 1.54) is 23.5 Å². The third-order valence-electron chi connectivity index (χ3n) is 1.84. The second kappa shape index (κ2) is 5.22. The number of hydrogen-bond donors (Lipinski definition) is 0. The van der Waals surface area contributed by atoms with E-state index in [2.05, 4.69) is 0 Å². The van der Waals surface area contributed by atoms with E-state index < -0.39 is 0 Å². The maximum absolute atomic E-state index is 10.7. The van der Waals surface area contributed by atoms with Crippen LogP contribution < -0.4 is 0 Å².